The van der Waals surface area contributed by atoms with Crippen molar-refractivity contribution >= 4 is 39.0 Å². The van der Waals surface area contributed by atoms with Gasteiger partial charge < -0.3 is 5.73 Å². The maximum atomic E-state index is 5.76. The van der Waals surface area contributed by atoms with E-state index >= 15 is 0 Å². The molecule has 0 unspecified atom stereocenters. The molecule has 2 N–H and O–H groups in total. The largest absolute Gasteiger partial charge is 0.399 e. The Bertz CT molecular complexity index is 475. The first-order valence-electron chi connectivity index (χ1n) is 5.55. The van der Waals surface area contributed by atoms with Gasteiger partial charge in [-0.05, 0) is 31.0 Å². The van der Waals surface area contributed by atoms with E-state index < -0.39 is 0 Å². The van der Waals surface area contributed by atoms with Crippen LogP contribution in [0.25, 0.3) is 10.2 Å². The Morgan fingerprint density at radius 2 is 2.12 bits per heavy atom. The zero-order valence-electron chi connectivity index (χ0n) is 9.56. The Labute approximate surface area is 104 Å². The van der Waals surface area contributed by atoms with E-state index in [-0.39, 0.29) is 0 Å². The molecule has 86 valence electrons. The van der Waals surface area contributed by atoms with Gasteiger partial charge in [-0.3, -0.25) is 0 Å². The fraction of sp³-hybridized carbons (Fsp3) is 0.417. The molecule has 0 atom stereocenters. The smallest absolute Gasteiger partial charge is 0.151 e. The van der Waals surface area contributed by atoms with E-state index in [1.165, 1.54) is 17.5 Å². The molecule has 0 aliphatic heterocycles. The summed E-state index contributed by atoms with van der Waals surface area (Å²) in [5, 5.41) is 0.679. The molecule has 1 heterocycles. The number of nitrogen functional groups attached to an aromatic ring is 1. The molecule has 0 saturated heterocycles. The SMILES string of the molecule is CCC(CC)Sc1nc2ccc(N)cc2s1. The van der Waals surface area contributed by atoms with Crippen molar-refractivity contribution in [3.63, 3.8) is 0 Å². The molecule has 0 aliphatic carbocycles. The van der Waals surface area contributed by atoms with Gasteiger partial charge in [0.2, 0.25) is 0 Å². The van der Waals surface area contributed by atoms with Crippen LogP contribution in [0.1, 0.15) is 26.7 Å². The highest BCUT2D eigenvalue weighted by molar-refractivity contribution is 8.01. The van der Waals surface area contributed by atoms with Gasteiger partial charge in [-0.25, -0.2) is 4.98 Å². The molecule has 2 aromatic rings. The molecular weight excluding hydrogens is 236 g/mol. The van der Waals surface area contributed by atoms with Gasteiger partial charge in [0.15, 0.2) is 4.34 Å². The molecule has 16 heavy (non-hydrogen) atoms. The Morgan fingerprint density at radius 1 is 1.38 bits per heavy atom. The number of benzene rings is 1. The van der Waals surface area contributed by atoms with E-state index in [0.717, 1.165) is 15.5 Å². The molecule has 0 amide bonds. The molecule has 0 saturated carbocycles. The Morgan fingerprint density at radius 3 is 2.81 bits per heavy atom. The number of hydrogen-bond acceptors (Lipinski definition) is 4. The Hall–Kier alpha value is -0.740. The third-order valence-corrected chi connectivity index (χ3v) is 5.22. The number of aromatic nitrogens is 1. The second-order valence-corrected chi connectivity index (χ2v) is 6.34. The highest BCUT2D eigenvalue weighted by Gasteiger charge is 2.10. The lowest BCUT2D eigenvalue weighted by molar-refractivity contribution is 0.792. The molecule has 0 bridgehead atoms. The predicted molar refractivity (Wildman–Crippen MR) is 74.3 cm³/mol. The third-order valence-electron chi connectivity index (χ3n) is 2.57. The molecule has 1 aromatic heterocycles. The number of nitrogens with two attached hydrogens (primary N) is 1. The van der Waals surface area contributed by atoms with E-state index in [2.05, 4.69) is 18.8 Å². The van der Waals surface area contributed by atoms with E-state index in [9.17, 15) is 0 Å². The molecular formula is C12H16N2S2. The van der Waals surface area contributed by atoms with Gasteiger partial charge in [-0.15, -0.1) is 11.3 Å². The lowest BCUT2D eigenvalue weighted by atomic mass is 10.3. The van der Waals surface area contributed by atoms with E-state index in [4.69, 9.17) is 5.73 Å². The van der Waals surface area contributed by atoms with E-state index in [1.54, 1.807) is 11.3 Å². The van der Waals surface area contributed by atoms with Gasteiger partial charge in [0, 0.05) is 10.9 Å². The minimum absolute atomic E-state index is 0.679. The average Bonchev–Trinajstić information content (AvgIpc) is 2.67. The molecule has 0 fully saturated rings. The first-order chi connectivity index (χ1) is 7.72. The Balaban J connectivity index is 2.25. The van der Waals surface area contributed by atoms with Crippen molar-refractivity contribution < 1.29 is 0 Å². The van der Waals surface area contributed by atoms with Crippen LogP contribution < -0.4 is 5.73 Å². The number of hydrogen-bond donors (Lipinski definition) is 1. The van der Waals surface area contributed by atoms with E-state index in [0.29, 0.717) is 5.25 Å². The summed E-state index contributed by atoms with van der Waals surface area (Å²) in [6.45, 7) is 4.46. The Kier molecular flexibility index (Phi) is 3.71. The molecule has 0 spiro atoms. The summed E-state index contributed by atoms with van der Waals surface area (Å²) in [5.41, 5.74) is 7.64. The lowest BCUT2D eigenvalue weighted by Gasteiger charge is -2.07. The van der Waals surface area contributed by atoms with Crippen molar-refractivity contribution in [2.24, 2.45) is 0 Å². The summed E-state index contributed by atoms with van der Waals surface area (Å²) in [7, 11) is 0. The number of thiazole rings is 1. The minimum Gasteiger partial charge on any atom is -0.399 e. The fourth-order valence-electron chi connectivity index (χ4n) is 1.57. The van der Waals surface area contributed by atoms with Crippen LogP contribution in [0.4, 0.5) is 5.69 Å². The molecule has 0 radical (unpaired) electrons. The van der Waals surface area contributed by atoms with Crippen LogP contribution in [0.15, 0.2) is 22.5 Å². The number of rotatable bonds is 4. The fourth-order valence-corrected chi connectivity index (χ4v) is 3.95. The number of anilines is 1. The standard InChI is InChI=1S/C12H16N2S2/c1-3-9(4-2)15-12-14-10-6-5-8(13)7-11(10)16-12/h5-7,9H,3-4,13H2,1-2H3. The highest BCUT2D eigenvalue weighted by Crippen LogP contribution is 2.34. The summed E-state index contributed by atoms with van der Waals surface area (Å²) in [4.78, 5) is 4.62. The van der Waals surface area contributed by atoms with Gasteiger partial charge in [-0.2, -0.15) is 0 Å². The summed E-state index contributed by atoms with van der Waals surface area (Å²) in [5.74, 6) is 0. The first-order valence-corrected chi connectivity index (χ1v) is 7.25. The van der Waals surface area contributed by atoms with Crippen LogP contribution >= 0.6 is 23.1 Å². The van der Waals surface area contributed by atoms with Crippen LogP contribution in [0.5, 0.6) is 0 Å². The van der Waals surface area contributed by atoms with Crippen LogP contribution in [-0.2, 0) is 0 Å². The predicted octanol–water partition coefficient (Wildman–Crippen LogP) is 4.16. The number of fused-ring (bicyclic) bond motifs is 1. The van der Waals surface area contributed by atoms with Crippen LogP contribution in [0.3, 0.4) is 0 Å². The van der Waals surface area contributed by atoms with Gasteiger partial charge in [-0.1, -0.05) is 25.6 Å². The van der Waals surface area contributed by atoms with Gasteiger partial charge >= 0.3 is 0 Å². The average molecular weight is 252 g/mol. The monoisotopic (exact) mass is 252 g/mol. The molecule has 2 rings (SSSR count). The van der Waals surface area contributed by atoms with Crippen LogP contribution in [0.2, 0.25) is 0 Å². The van der Waals surface area contributed by atoms with Crippen molar-refractivity contribution in [2.45, 2.75) is 36.3 Å². The minimum atomic E-state index is 0.679. The topological polar surface area (TPSA) is 38.9 Å². The van der Waals surface area contributed by atoms with E-state index in [1.807, 2.05) is 30.0 Å². The molecule has 0 aliphatic rings. The molecule has 2 nitrogen and oxygen atoms in total. The number of thioether (sulfide) groups is 1. The summed E-state index contributed by atoms with van der Waals surface area (Å²) in [6.07, 6.45) is 2.39. The second-order valence-electron chi connectivity index (χ2n) is 3.76. The van der Waals surface area contributed by atoms with Crippen molar-refractivity contribution in [1.82, 2.24) is 4.98 Å². The zero-order valence-corrected chi connectivity index (χ0v) is 11.2. The van der Waals surface area contributed by atoms with Crippen molar-refractivity contribution in [3.8, 4) is 0 Å². The van der Waals surface area contributed by atoms with Gasteiger partial charge in [0.25, 0.3) is 0 Å². The summed E-state index contributed by atoms with van der Waals surface area (Å²) < 4.78 is 2.35. The van der Waals surface area contributed by atoms with Crippen LogP contribution in [0, 0.1) is 0 Å². The maximum absolute atomic E-state index is 5.76. The lowest BCUT2D eigenvalue weighted by Crippen LogP contribution is -1.96. The van der Waals surface area contributed by atoms with Gasteiger partial charge in [0.05, 0.1) is 10.2 Å². The van der Waals surface area contributed by atoms with Crippen molar-refractivity contribution in [2.75, 3.05) is 5.73 Å². The van der Waals surface area contributed by atoms with Gasteiger partial charge in [0.1, 0.15) is 0 Å². The second kappa shape index (κ2) is 5.06. The highest BCUT2D eigenvalue weighted by atomic mass is 32.2. The maximum Gasteiger partial charge on any atom is 0.151 e. The molecule has 1 aromatic carbocycles. The summed E-state index contributed by atoms with van der Waals surface area (Å²) >= 11 is 3.63. The van der Waals surface area contributed by atoms with Crippen LogP contribution in [-0.4, -0.2) is 10.2 Å². The van der Waals surface area contributed by atoms with Crippen molar-refractivity contribution in [1.29, 1.82) is 0 Å². The molecule has 4 heteroatoms. The first kappa shape index (κ1) is 11.7. The number of nitrogens with zero attached hydrogens (tertiary/aromatic N) is 1. The summed E-state index contributed by atoms with van der Waals surface area (Å²) in [6, 6.07) is 5.91. The third kappa shape index (κ3) is 2.50. The zero-order chi connectivity index (χ0) is 11.5. The van der Waals surface area contributed by atoms with Crippen molar-refractivity contribution in [3.05, 3.63) is 18.2 Å². The normalized spacial score (nSPS) is 11.4. The quantitative estimate of drug-likeness (QED) is 0.656.